The molecule has 1 aliphatic rings. The Morgan fingerprint density at radius 3 is 3.05 bits per heavy atom. The van der Waals surface area contributed by atoms with Gasteiger partial charge in [0.1, 0.15) is 5.82 Å². The highest BCUT2D eigenvalue weighted by atomic mass is 32.2. The van der Waals surface area contributed by atoms with E-state index in [1.54, 1.807) is 0 Å². The number of thioether (sulfide) groups is 1. The van der Waals surface area contributed by atoms with Gasteiger partial charge in [0, 0.05) is 17.5 Å². The van der Waals surface area contributed by atoms with Crippen LogP contribution in [0.3, 0.4) is 0 Å². The van der Waals surface area contributed by atoms with Crippen LogP contribution in [0.15, 0.2) is 18.2 Å². The van der Waals surface area contributed by atoms with E-state index >= 15 is 0 Å². The Morgan fingerprint density at radius 2 is 2.26 bits per heavy atom. The zero-order valence-corrected chi connectivity index (χ0v) is 12.6. The van der Waals surface area contributed by atoms with Gasteiger partial charge in [-0.2, -0.15) is 11.8 Å². The van der Waals surface area contributed by atoms with Gasteiger partial charge < -0.3 is 10.3 Å². The summed E-state index contributed by atoms with van der Waals surface area (Å²) in [5, 5.41) is 3.67. The van der Waals surface area contributed by atoms with Gasteiger partial charge in [-0.1, -0.05) is 13.8 Å². The van der Waals surface area contributed by atoms with Crippen molar-refractivity contribution in [3.8, 4) is 0 Å². The van der Waals surface area contributed by atoms with Gasteiger partial charge in [-0.15, -0.1) is 0 Å². The van der Waals surface area contributed by atoms with Gasteiger partial charge in [-0.05, 0) is 42.7 Å². The molecule has 3 nitrogen and oxygen atoms in total. The number of fused-ring (bicyclic) bond motifs is 1. The zero-order chi connectivity index (χ0) is 13.5. The van der Waals surface area contributed by atoms with Crippen LogP contribution in [0.2, 0.25) is 0 Å². The second-order valence-electron chi connectivity index (χ2n) is 6.28. The number of H-pyrrole nitrogens is 1. The minimum absolute atomic E-state index is 0.440. The molecule has 2 heterocycles. The van der Waals surface area contributed by atoms with Crippen LogP contribution in [0, 0.1) is 12.3 Å². The average molecular weight is 275 g/mol. The summed E-state index contributed by atoms with van der Waals surface area (Å²) in [6, 6.07) is 6.95. The van der Waals surface area contributed by atoms with Crippen LogP contribution in [-0.4, -0.2) is 27.5 Å². The van der Waals surface area contributed by atoms with Gasteiger partial charge in [-0.3, -0.25) is 0 Å². The second kappa shape index (κ2) is 4.75. The summed E-state index contributed by atoms with van der Waals surface area (Å²) in [5.41, 5.74) is 3.79. The summed E-state index contributed by atoms with van der Waals surface area (Å²) in [7, 11) is 0. The van der Waals surface area contributed by atoms with Gasteiger partial charge in [0.25, 0.3) is 0 Å². The van der Waals surface area contributed by atoms with E-state index in [0.717, 1.165) is 16.9 Å². The number of anilines is 1. The Morgan fingerprint density at radius 1 is 1.42 bits per heavy atom. The smallest absolute Gasteiger partial charge is 0.104 e. The fourth-order valence-electron chi connectivity index (χ4n) is 2.82. The number of benzene rings is 1. The van der Waals surface area contributed by atoms with E-state index in [1.807, 2.05) is 6.92 Å². The van der Waals surface area contributed by atoms with E-state index in [9.17, 15) is 0 Å². The van der Waals surface area contributed by atoms with E-state index in [-0.39, 0.29) is 0 Å². The van der Waals surface area contributed by atoms with Crippen molar-refractivity contribution in [2.45, 2.75) is 33.2 Å². The third-order valence-corrected chi connectivity index (χ3v) is 5.21. The maximum atomic E-state index is 4.44. The number of rotatable bonds is 2. The van der Waals surface area contributed by atoms with Crippen molar-refractivity contribution in [1.29, 1.82) is 0 Å². The lowest BCUT2D eigenvalue weighted by Gasteiger charge is -2.35. The van der Waals surface area contributed by atoms with Crippen molar-refractivity contribution < 1.29 is 0 Å². The number of aromatic amines is 1. The van der Waals surface area contributed by atoms with Crippen molar-refractivity contribution in [2.75, 3.05) is 16.8 Å². The molecule has 1 fully saturated rings. The van der Waals surface area contributed by atoms with Crippen LogP contribution in [0.1, 0.15) is 26.1 Å². The SMILES string of the molecule is Cc1nc2ccc(NC3CSCC(C)(C)C3)cc2[nH]1. The number of nitrogens with zero attached hydrogens (tertiary/aromatic N) is 1. The second-order valence-corrected chi connectivity index (χ2v) is 7.31. The predicted octanol–water partition coefficient (Wildman–Crippen LogP) is 3.81. The summed E-state index contributed by atoms with van der Waals surface area (Å²) in [4.78, 5) is 7.73. The average Bonchev–Trinajstić information content (AvgIpc) is 2.67. The molecule has 0 radical (unpaired) electrons. The fourth-order valence-corrected chi connectivity index (χ4v) is 4.09. The number of aryl methyl sites for hydroxylation is 1. The monoisotopic (exact) mass is 275 g/mol. The Labute approximate surface area is 118 Å². The van der Waals surface area contributed by atoms with Crippen molar-refractivity contribution >= 4 is 28.5 Å². The predicted molar refractivity (Wildman–Crippen MR) is 84.0 cm³/mol. The zero-order valence-electron chi connectivity index (χ0n) is 11.8. The summed E-state index contributed by atoms with van der Waals surface area (Å²) >= 11 is 2.05. The molecule has 1 aromatic carbocycles. The molecular weight excluding hydrogens is 254 g/mol. The molecule has 1 saturated heterocycles. The molecule has 0 spiro atoms. The van der Waals surface area contributed by atoms with Crippen LogP contribution < -0.4 is 5.32 Å². The Hall–Kier alpha value is -1.16. The first-order valence-electron chi connectivity index (χ1n) is 6.82. The van der Waals surface area contributed by atoms with Crippen LogP contribution in [0.4, 0.5) is 5.69 Å². The first kappa shape index (κ1) is 12.9. The molecule has 0 aliphatic carbocycles. The number of nitrogens with one attached hydrogen (secondary N) is 2. The Kier molecular flexibility index (Phi) is 3.21. The minimum atomic E-state index is 0.440. The highest BCUT2D eigenvalue weighted by molar-refractivity contribution is 7.99. The Balaban J connectivity index is 1.77. The van der Waals surface area contributed by atoms with E-state index in [1.165, 1.54) is 23.6 Å². The molecule has 2 aromatic rings. The quantitative estimate of drug-likeness (QED) is 0.875. The third kappa shape index (κ3) is 2.89. The molecule has 4 heteroatoms. The number of hydrogen-bond acceptors (Lipinski definition) is 3. The molecule has 1 atom stereocenters. The largest absolute Gasteiger partial charge is 0.381 e. The first-order chi connectivity index (χ1) is 9.02. The standard InChI is InChI=1S/C15H21N3S/c1-10-16-13-5-4-11(6-14(13)17-10)18-12-7-15(2,3)9-19-8-12/h4-6,12,18H,7-9H2,1-3H3,(H,16,17). The third-order valence-electron chi connectivity index (χ3n) is 3.58. The molecule has 102 valence electrons. The summed E-state index contributed by atoms with van der Waals surface area (Å²) in [6.07, 6.45) is 1.24. The van der Waals surface area contributed by atoms with E-state index in [0.29, 0.717) is 11.5 Å². The van der Waals surface area contributed by atoms with Gasteiger partial charge in [0.05, 0.1) is 11.0 Å². The van der Waals surface area contributed by atoms with Crippen molar-refractivity contribution in [2.24, 2.45) is 5.41 Å². The summed E-state index contributed by atoms with van der Waals surface area (Å²) < 4.78 is 0. The maximum absolute atomic E-state index is 4.44. The lowest BCUT2D eigenvalue weighted by Crippen LogP contribution is -2.35. The van der Waals surface area contributed by atoms with Crippen LogP contribution in [0.25, 0.3) is 11.0 Å². The van der Waals surface area contributed by atoms with Crippen LogP contribution in [0.5, 0.6) is 0 Å². The van der Waals surface area contributed by atoms with Crippen molar-refractivity contribution in [3.05, 3.63) is 24.0 Å². The molecule has 19 heavy (non-hydrogen) atoms. The molecule has 1 unspecified atom stereocenters. The molecule has 0 bridgehead atoms. The molecule has 0 amide bonds. The van der Waals surface area contributed by atoms with E-state index in [4.69, 9.17) is 0 Å². The van der Waals surface area contributed by atoms with Crippen molar-refractivity contribution in [3.63, 3.8) is 0 Å². The van der Waals surface area contributed by atoms with Gasteiger partial charge in [-0.25, -0.2) is 4.98 Å². The highest BCUT2D eigenvalue weighted by Crippen LogP contribution is 2.34. The number of imidazole rings is 1. The molecule has 0 saturated carbocycles. The summed E-state index contributed by atoms with van der Waals surface area (Å²) in [6.45, 7) is 6.71. The molecular formula is C15H21N3S. The van der Waals surface area contributed by atoms with Crippen LogP contribution >= 0.6 is 11.8 Å². The molecule has 2 N–H and O–H groups in total. The number of hydrogen-bond donors (Lipinski definition) is 2. The number of aromatic nitrogens is 2. The molecule has 1 aliphatic heterocycles. The normalized spacial score (nSPS) is 22.6. The van der Waals surface area contributed by atoms with Gasteiger partial charge >= 0.3 is 0 Å². The lowest BCUT2D eigenvalue weighted by atomic mass is 9.88. The Bertz CT molecular complexity index is 588. The fraction of sp³-hybridized carbons (Fsp3) is 0.533. The van der Waals surface area contributed by atoms with Crippen molar-refractivity contribution in [1.82, 2.24) is 9.97 Å². The molecule has 1 aromatic heterocycles. The summed E-state index contributed by atoms with van der Waals surface area (Å²) in [5.74, 6) is 3.44. The van der Waals surface area contributed by atoms with E-state index < -0.39 is 0 Å². The minimum Gasteiger partial charge on any atom is -0.381 e. The maximum Gasteiger partial charge on any atom is 0.104 e. The van der Waals surface area contributed by atoms with Gasteiger partial charge in [0.15, 0.2) is 0 Å². The first-order valence-corrected chi connectivity index (χ1v) is 7.98. The topological polar surface area (TPSA) is 40.7 Å². The lowest BCUT2D eigenvalue weighted by molar-refractivity contribution is 0.358. The van der Waals surface area contributed by atoms with Crippen LogP contribution in [-0.2, 0) is 0 Å². The van der Waals surface area contributed by atoms with Gasteiger partial charge in [0.2, 0.25) is 0 Å². The molecule has 3 rings (SSSR count). The van der Waals surface area contributed by atoms with E-state index in [2.05, 4.69) is 59.1 Å². The highest BCUT2D eigenvalue weighted by Gasteiger charge is 2.28.